The molecule has 35 heavy (non-hydrogen) atoms. The second kappa shape index (κ2) is 10.3. The Kier molecular flexibility index (Phi) is 6.82. The Morgan fingerprint density at radius 3 is 2.63 bits per heavy atom. The summed E-state index contributed by atoms with van der Waals surface area (Å²) in [6.45, 7) is 3.02. The number of imidazole rings is 1. The maximum absolute atomic E-state index is 13.3. The van der Waals surface area contributed by atoms with Crippen LogP contribution in [0.15, 0.2) is 66.9 Å². The highest BCUT2D eigenvalue weighted by atomic mass is 16.1. The van der Waals surface area contributed by atoms with Gasteiger partial charge in [0.15, 0.2) is 5.65 Å². The van der Waals surface area contributed by atoms with Crippen LogP contribution in [-0.2, 0) is 13.1 Å². The summed E-state index contributed by atoms with van der Waals surface area (Å²) in [5.41, 5.74) is 12.2. The Labute approximate surface area is 206 Å². The quantitative estimate of drug-likeness (QED) is 0.338. The normalized spacial score (nSPS) is 14.2. The second-order valence-corrected chi connectivity index (χ2v) is 9.43. The highest BCUT2D eigenvalue weighted by Crippen LogP contribution is 2.34. The molecule has 2 aromatic heterocycles. The van der Waals surface area contributed by atoms with E-state index in [1.807, 2.05) is 59.1 Å². The fraction of sp³-hybridized carbons (Fsp3) is 0.310. The number of aryl methyl sites for hydroxylation is 1. The van der Waals surface area contributed by atoms with Gasteiger partial charge in [0.2, 0.25) is 0 Å². The lowest BCUT2D eigenvalue weighted by molar-refractivity contribution is 0.0952. The van der Waals surface area contributed by atoms with Crippen molar-refractivity contribution in [2.24, 2.45) is 5.73 Å². The number of carbonyl (C=O) groups excluding carboxylic acids is 1. The average molecular weight is 468 g/mol. The van der Waals surface area contributed by atoms with E-state index in [4.69, 9.17) is 10.7 Å². The molecule has 4 aromatic rings. The first-order chi connectivity index (χ1) is 17.1. The number of anilines is 1. The molecule has 1 aliphatic rings. The lowest BCUT2D eigenvalue weighted by Crippen LogP contribution is -2.24. The molecule has 1 amide bonds. The summed E-state index contributed by atoms with van der Waals surface area (Å²) in [5, 5.41) is 6.86. The first kappa shape index (κ1) is 23.1. The minimum absolute atomic E-state index is 0.140. The molecule has 1 saturated carbocycles. The number of nitrogens with one attached hydrogen (secondary N) is 2. The largest absolute Gasteiger partial charge is 0.367 e. The molecule has 0 aliphatic heterocycles. The number of benzene rings is 2. The number of hydrogen-bond acceptors (Lipinski definition) is 4. The molecule has 0 bridgehead atoms. The first-order valence-corrected chi connectivity index (χ1v) is 12.5. The molecule has 1 fully saturated rings. The van der Waals surface area contributed by atoms with Gasteiger partial charge in [-0.2, -0.15) is 0 Å². The molecule has 6 heteroatoms. The second-order valence-electron chi connectivity index (χ2n) is 9.43. The predicted octanol–water partition coefficient (Wildman–Crippen LogP) is 5.44. The molecule has 6 nitrogen and oxygen atoms in total. The van der Waals surface area contributed by atoms with E-state index in [0.29, 0.717) is 30.3 Å². The lowest BCUT2D eigenvalue weighted by Gasteiger charge is -2.24. The van der Waals surface area contributed by atoms with Crippen LogP contribution >= 0.6 is 0 Å². The summed E-state index contributed by atoms with van der Waals surface area (Å²) in [7, 11) is 0. The number of nitrogens with two attached hydrogens (primary N) is 1. The molecule has 4 N–H and O–H groups in total. The maximum atomic E-state index is 13.3. The van der Waals surface area contributed by atoms with Crippen LogP contribution in [0, 0.1) is 6.92 Å². The van der Waals surface area contributed by atoms with Crippen LogP contribution in [-0.4, -0.2) is 21.3 Å². The van der Waals surface area contributed by atoms with Gasteiger partial charge in [-0.3, -0.25) is 9.20 Å². The summed E-state index contributed by atoms with van der Waals surface area (Å²) in [4.78, 5) is 18.3. The molecular formula is C29H33N5O. The van der Waals surface area contributed by atoms with Crippen molar-refractivity contribution >= 4 is 17.4 Å². The highest BCUT2D eigenvalue weighted by molar-refractivity contribution is 6.01. The predicted molar refractivity (Wildman–Crippen MR) is 141 cm³/mol. The summed E-state index contributed by atoms with van der Waals surface area (Å²) >= 11 is 0. The van der Waals surface area contributed by atoms with Gasteiger partial charge in [-0.1, -0.05) is 67.8 Å². The van der Waals surface area contributed by atoms with Crippen LogP contribution in [0.2, 0.25) is 0 Å². The Hall–Kier alpha value is -3.64. The number of pyridine rings is 1. The number of nitrogens with zero attached hydrogens (tertiary/aromatic N) is 2. The van der Waals surface area contributed by atoms with E-state index < -0.39 is 0 Å². The lowest BCUT2D eigenvalue weighted by atomic mass is 9.95. The van der Waals surface area contributed by atoms with Crippen LogP contribution in [0.4, 0.5) is 5.82 Å². The van der Waals surface area contributed by atoms with E-state index in [0.717, 1.165) is 46.6 Å². The van der Waals surface area contributed by atoms with Crippen molar-refractivity contribution in [3.05, 3.63) is 89.1 Å². The van der Waals surface area contributed by atoms with Gasteiger partial charge < -0.3 is 16.4 Å². The number of rotatable bonds is 7. The van der Waals surface area contributed by atoms with E-state index in [1.54, 1.807) is 0 Å². The SMILES string of the molecule is Cc1ccccc1-c1nc2c(C(=O)NCc3cccc(CN)c3)cccn2c1NC1CCCCC1. The Morgan fingerprint density at radius 2 is 1.83 bits per heavy atom. The summed E-state index contributed by atoms with van der Waals surface area (Å²) in [6, 6.07) is 20.5. The van der Waals surface area contributed by atoms with E-state index in [-0.39, 0.29) is 5.91 Å². The molecule has 0 atom stereocenters. The molecular weight excluding hydrogens is 434 g/mol. The molecule has 180 valence electrons. The van der Waals surface area contributed by atoms with Crippen molar-refractivity contribution in [3.8, 4) is 11.3 Å². The standard InChI is InChI=1S/C29H33N5O/c1-20-9-5-6-14-24(20)26-28(32-23-12-3-2-4-13-23)34-16-8-15-25(27(34)33-26)29(35)31-19-22-11-7-10-21(17-22)18-30/h5-11,14-17,23,32H,2-4,12-13,18-19,30H2,1H3,(H,31,35). The van der Waals surface area contributed by atoms with E-state index in [9.17, 15) is 4.79 Å². The van der Waals surface area contributed by atoms with Crippen molar-refractivity contribution in [3.63, 3.8) is 0 Å². The zero-order valence-corrected chi connectivity index (χ0v) is 20.3. The number of fused-ring (bicyclic) bond motifs is 1. The Balaban J connectivity index is 1.51. The van der Waals surface area contributed by atoms with E-state index in [1.165, 1.54) is 19.3 Å². The Bertz CT molecular complexity index is 1340. The van der Waals surface area contributed by atoms with Gasteiger partial charge in [0.25, 0.3) is 5.91 Å². The van der Waals surface area contributed by atoms with Crippen LogP contribution in [0.1, 0.15) is 59.2 Å². The average Bonchev–Trinajstić information content (AvgIpc) is 3.26. The van der Waals surface area contributed by atoms with Gasteiger partial charge >= 0.3 is 0 Å². The fourth-order valence-corrected chi connectivity index (χ4v) is 4.99. The molecule has 0 radical (unpaired) electrons. The zero-order valence-electron chi connectivity index (χ0n) is 20.3. The van der Waals surface area contributed by atoms with E-state index in [2.05, 4.69) is 29.7 Å². The number of carbonyl (C=O) groups is 1. The van der Waals surface area contributed by atoms with Crippen molar-refractivity contribution in [2.45, 2.75) is 58.2 Å². The fourth-order valence-electron chi connectivity index (χ4n) is 4.99. The molecule has 2 heterocycles. The molecule has 1 aliphatic carbocycles. The maximum Gasteiger partial charge on any atom is 0.255 e. The van der Waals surface area contributed by atoms with Gasteiger partial charge in [0.05, 0.1) is 5.56 Å². The molecule has 0 unspecified atom stereocenters. The van der Waals surface area contributed by atoms with Crippen molar-refractivity contribution in [1.82, 2.24) is 14.7 Å². The smallest absolute Gasteiger partial charge is 0.255 e. The third-order valence-corrected chi connectivity index (χ3v) is 6.92. The zero-order chi connectivity index (χ0) is 24.2. The summed E-state index contributed by atoms with van der Waals surface area (Å²) < 4.78 is 2.04. The third kappa shape index (κ3) is 4.93. The molecule has 5 rings (SSSR count). The van der Waals surface area contributed by atoms with Crippen LogP contribution in [0.5, 0.6) is 0 Å². The molecule has 2 aromatic carbocycles. The van der Waals surface area contributed by atoms with Gasteiger partial charge in [0, 0.05) is 30.9 Å². The van der Waals surface area contributed by atoms with Gasteiger partial charge in [-0.15, -0.1) is 0 Å². The monoisotopic (exact) mass is 467 g/mol. The van der Waals surface area contributed by atoms with Crippen molar-refractivity contribution < 1.29 is 4.79 Å². The third-order valence-electron chi connectivity index (χ3n) is 6.92. The van der Waals surface area contributed by atoms with Gasteiger partial charge in [-0.25, -0.2) is 4.98 Å². The van der Waals surface area contributed by atoms with Crippen LogP contribution in [0.3, 0.4) is 0 Å². The first-order valence-electron chi connectivity index (χ1n) is 12.5. The van der Waals surface area contributed by atoms with Crippen molar-refractivity contribution in [1.29, 1.82) is 0 Å². The summed E-state index contributed by atoms with van der Waals surface area (Å²) in [6.07, 6.45) is 8.09. The minimum Gasteiger partial charge on any atom is -0.367 e. The van der Waals surface area contributed by atoms with Crippen molar-refractivity contribution in [2.75, 3.05) is 5.32 Å². The number of amides is 1. The topological polar surface area (TPSA) is 84.5 Å². The molecule has 0 spiro atoms. The molecule has 0 saturated heterocycles. The number of hydrogen-bond donors (Lipinski definition) is 3. The van der Waals surface area contributed by atoms with Crippen LogP contribution in [0.25, 0.3) is 16.9 Å². The van der Waals surface area contributed by atoms with Gasteiger partial charge in [0.1, 0.15) is 11.5 Å². The van der Waals surface area contributed by atoms with E-state index >= 15 is 0 Å². The minimum atomic E-state index is -0.140. The van der Waals surface area contributed by atoms with Gasteiger partial charge in [-0.05, 0) is 48.6 Å². The van der Waals surface area contributed by atoms with Crippen LogP contribution < -0.4 is 16.4 Å². The summed E-state index contributed by atoms with van der Waals surface area (Å²) in [5.74, 6) is 0.825. The highest BCUT2D eigenvalue weighted by Gasteiger charge is 2.23. The number of aromatic nitrogens is 2. The Morgan fingerprint density at radius 1 is 1.03 bits per heavy atom.